The highest BCUT2D eigenvalue weighted by atomic mass is 16.4. The molecule has 1 aromatic heterocycles. The number of nitrogens with zero attached hydrogens (tertiary/aromatic N) is 1. The van der Waals surface area contributed by atoms with Gasteiger partial charge in [-0.3, -0.25) is 4.79 Å². The van der Waals surface area contributed by atoms with Crippen molar-refractivity contribution in [2.75, 3.05) is 0 Å². The smallest absolute Gasteiger partial charge is 0.263 e. The molecule has 2 rings (SSSR count). The molecule has 4 heteroatoms. The van der Waals surface area contributed by atoms with Gasteiger partial charge in [-0.1, -0.05) is 12.1 Å². The van der Waals surface area contributed by atoms with Gasteiger partial charge in [-0.25, -0.2) is 4.98 Å². The summed E-state index contributed by atoms with van der Waals surface area (Å²) in [5.41, 5.74) is 1.73. The molecule has 1 aromatic carbocycles. The molecule has 0 radical (unpaired) electrons. The predicted octanol–water partition coefficient (Wildman–Crippen LogP) is 1.52. The van der Waals surface area contributed by atoms with Crippen molar-refractivity contribution < 1.29 is 14.3 Å². The number of benzene rings is 1. The van der Waals surface area contributed by atoms with Gasteiger partial charge in [0.25, 0.3) is 5.89 Å². The molecular formula is C10H9NO3. The summed E-state index contributed by atoms with van der Waals surface area (Å²) in [6.07, 6.45) is 0. The fourth-order valence-electron chi connectivity index (χ4n) is 1.28. The minimum atomic E-state index is -0.218. The molecular weight excluding hydrogens is 182 g/mol. The van der Waals surface area contributed by atoms with Gasteiger partial charge in [0.05, 0.1) is 6.61 Å². The number of aromatic nitrogens is 1. The van der Waals surface area contributed by atoms with E-state index in [4.69, 9.17) is 9.52 Å². The number of para-hydroxylation sites is 1. The van der Waals surface area contributed by atoms with E-state index in [1.807, 2.05) is 0 Å². The van der Waals surface area contributed by atoms with Crippen molar-refractivity contribution in [1.82, 2.24) is 4.98 Å². The van der Waals surface area contributed by atoms with Crippen molar-refractivity contribution in [1.29, 1.82) is 0 Å². The second-order valence-corrected chi connectivity index (χ2v) is 3.00. The molecule has 14 heavy (non-hydrogen) atoms. The van der Waals surface area contributed by atoms with E-state index in [0.29, 0.717) is 16.7 Å². The minimum Gasteiger partial charge on any atom is -0.433 e. The fraction of sp³-hybridized carbons (Fsp3) is 0.200. The van der Waals surface area contributed by atoms with Crippen LogP contribution in [0.5, 0.6) is 0 Å². The van der Waals surface area contributed by atoms with Crippen LogP contribution in [0.2, 0.25) is 0 Å². The first kappa shape index (κ1) is 8.90. The Morgan fingerprint density at radius 3 is 3.00 bits per heavy atom. The Kier molecular flexibility index (Phi) is 2.05. The van der Waals surface area contributed by atoms with Crippen molar-refractivity contribution in [3.05, 3.63) is 29.7 Å². The Hall–Kier alpha value is -1.68. The number of aliphatic hydroxyl groups is 1. The largest absolute Gasteiger partial charge is 0.433 e. The second kappa shape index (κ2) is 3.23. The third kappa shape index (κ3) is 1.29. The highest BCUT2D eigenvalue weighted by Gasteiger charge is 2.11. The van der Waals surface area contributed by atoms with Crippen LogP contribution >= 0.6 is 0 Å². The number of hydrogen-bond acceptors (Lipinski definition) is 4. The SMILES string of the molecule is CC(=O)c1nc2cccc(CO)c2o1. The zero-order valence-corrected chi connectivity index (χ0v) is 7.65. The Labute approximate surface area is 80.2 Å². The fourth-order valence-corrected chi connectivity index (χ4v) is 1.28. The number of Topliss-reactive ketones (excluding diaryl/α,β-unsaturated/α-hetero) is 1. The van der Waals surface area contributed by atoms with Crippen LogP contribution in [0.3, 0.4) is 0 Å². The zero-order chi connectivity index (χ0) is 10.1. The van der Waals surface area contributed by atoms with Crippen molar-refractivity contribution in [2.24, 2.45) is 0 Å². The second-order valence-electron chi connectivity index (χ2n) is 3.00. The van der Waals surface area contributed by atoms with E-state index in [2.05, 4.69) is 4.98 Å². The molecule has 0 amide bonds. The molecule has 0 atom stereocenters. The summed E-state index contributed by atoms with van der Waals surface area (Å²) in [5, 5.41) is 9.01. The van der Waals surface area contributed by atoms with E-state index in [0.717, 1.165) is 0 Å². The molecule has 0 bridgehead atoms. The molecule has 72 valence electrons. The molecule has 1 heterocycles. The molecule has 0 aliphatic heterocycles. The Balaban J connectivity index is 2.70. The van der Waals surface area contributed by atoms with E-state index < -0.39 is 0 Å². The maximum Gasteiger partial charge on any atom is 0.263 e. The third-order valence-corrected chi connectivity index (χ3v) is 1.97. The van der Waals surface area contributed by atoms with Gasteiger partial charge in [0, 0.05) is 12.5 Å². The number of hydrogen-bond donors (Lipinski definition) is 1. The quantitative estimate of drug-likeness (QED) is 0.731. The maximum absolute atomic E-state index is 11.0. The van der Waals surface area contributed by atoms with E-state index in [9.17, 15) is 4.79 Å². The summed E-state index contributed by atoms with van der Waals surface area (Å²) >= 11 is 0. The van der Waals surface area contributed by atoms with Gasteiger partial charge in [0.2, 0.25) is 5.78 Å². The van der Waals surface area contributed by atoms with Crippen LogP contribution in [-0.4, -0.2) is 15.9 Å². The summed E-state index contributed by atoms with van der Waals surface area (Å²) in [4.78, 5) is 15.0. The average Bonchev–Trinajstić information content (AvgIpc) is 2.60. The summed E-state index contributed by atoms with van der Waals surface area (Å²) in [5.74, 6) is -0.133. The predicted molar refractivity (Wildman–Crippen MR) is 49.9 cm³/mol. The van der Waals surface area contributed by atoms with Gasteiger partial charge in [0.1, 0.15) is 5.52 Å². The summed E-state index contributed by atoms with van der Waals surface area (Å²) in [7, 11) is 0. The van der Waals surface area contributed by atoms with Gasteiger partial charge in [0.15, 0.2) is 5.58 Å². The zero-order valence-electron chi connectivity index (χ0n) is 7.65. The minimum absolute atomic E-state index is 0.0842. The number of fused-ring (bicyclic) bond motifs is 1. The summed E-state index contributed by atoms with van der Waals surface area (Å²) in [6, 6.07) is 5.24. The topological polar surface area (TPSA) is 63.3 Å². The van der Waals surface area contributed by atoms with Crippen LogP contribution in [0.4, 0.5) is 0 Å². The molecule has 4 nitrogen and oxygen atoms in total. The van der Waals surface area contributed by atoms with Crippen LogP contribution in [0.25, 0.3) is 11.1 Å². The first-order valence-corrected chi connectivity index (χ1v) is 4.22. The number of carbonyl (C=O) groups is 1. The molecule has 0 unspecified atom stereocenters. The van der Waals surface area contributed by atoms with Gasteiger partial charge in [-0.05, 0) is 6.07 Å². The summed E-state index contributed by atoms with van der Waals surface area (Å²) in [6.45, 7) is 1.27. The van der Waals surface area contributed by atoms with Crippen LogP contribution in [0, 0.1) is 0 Å². The van der Waals surface area contributed by atoms with E-state index in [-0.39, 0.29) is 18.3 Å². The molecule has 1 N–H and O–H groups in total. The van der Waals surface area contributed by atoms with Crippen molar-refractivity contribution >= 4 is 16.9 Å². The van der Waals surface area contributed by atoms with Gasteiger partial charge >= 0.3 is 0 Å². The molecule has 0 aliphatic carbocycles. The number of oxazole rings is 1. The molecule has 0 saturated heterocycles. The molecule has 0 fully saturated rings. The van der Waals surface area contributed by atoms with Gasteiger partial charge < -0.3 is 9.52 Å². The Morgan fingerprint density at radius 1 is 1.57 bits per heavy atom. The van der Waals surface area contributed by atoms with Crippen molar-refractivity contribution in [3.8, 4) is 0 Å². The number of ketones is 1. The van der Waals surface area contributed by atoms with Crippen molar-refractivity contribution in [3.63, 3.8) is 0 Å². The van der Waals surface area contributed by atoms with E-state index in [1.165, 1.54) is 6.92 Å². The average molecular weight is 191 g/mol. The van der Waals surface area contributed by atoms with Gasteiger partial charge in [-0.2, -0.15) is 0 Å². The molecule has 2 aromatic rings. The lowest BCUT2D eigenvalue weighted by Crippen LogP contribution is -1.89. The lowest BCUT2D eigenvalue weighted by atomic mass is 10.2. The van der Waals surface area contributed by atoms with Crippen LogP contribution in [0.1, 0.15) is 23.2 Å². The van der Waals surface area contributed by atoms with Crippen LogP contribution in [-0.2, 0) is 6.61 Å². The molecule has 0 aliphatic rings. The summed E-state index contributed by atoms with van der Waals surface area (Å²) < 4.78 is 5.23. The maximum atomic E-state index is 11.0. The number of rotatable bonds is 2. The molecule has 0 spiro atoms. The number of carbonyl (C=O) groups excluding carboxylic acids is 1. The normalized spacial score (nSPS) is 10.7. The highest BCUT2D eigenvalue weighted by molar-refractivity contribution is 5.92. The van der Waals surface area contributed by atoms with Crippen LogP contribution < -0.4 is 0 Å². The lowest BCUT2D eigenvalue weighted by molar-refractivity contribution is 0.0982. The van der Waals surface area contributed by atoms with Crippen LogP contribution in [0.15, 0.2) is 22.6 Å². The lowest BCUT2D eigenvalue weighted by Gasteiger charge is -1.93. The van der Waals surface area contributed by atoms with Crippen molar-refractivity contribution in [2.45, 2.75) is 13.5 Å². The molecule has 0 saturated carbocycles. The first-order chi connectivity index (χ1) is 6.72. The standard InChI is InChI=1S/C10H9NO3/c1-6(13)10-11-8-4-2-3-7(5-12)9(8)14-10/h2-4,12H,5H2,1H3. The van der Waals surface area contributed by atoms with E-state index >= 15 is 0 Å². The third-order valence-electron chi connectivity index (χ3n) is 1.97. The monoisotopic (exact) mass is 191 g/mol. The highest BCUT2D eigenvalue weighted by Crippen LogP contribution is 2.20. The number of aliphatic hydroxyl groups excluding tert-OH is 1. The van der Waals surface area contributed by atoms with E-state index in [1.54, 1.807) is 18.2 Å². The Bertz CT molecular complexity index is 487. The first-order valence-electron chi connectivity index (χ1n) is 4.22. The van der Waals surface area contributed by atoms with Gasteiger partial charge in [-0.15, -0.1) is 0 Å². The Morgan fingerprint density at radius 2 is 2.36 bits per heavy atom.